The molecule has 1 aliphatic heterocycles. The zero-order valence-corrected chi connectivity index (χ0v) is 14.0. The summed E-state index contributed by atoms with van der Waals surface area (Å²) in [5.74, 6) is 0.161. The highest BCUT2D eigenvalue weighted by atomic mass is 32.2. The van der Waals surface area contributed by atoms with Crippen LogP contribution in [0.3, 0.4) is 0 Å². The summed E-state index contributed by atoms with van der Waals surface area (Å²) in [5, 5.41) is 20.4. The van der Waals surface area contributed by atoms with Crippen LogP contribution in [-0.4, -0.2) is 69.6 Å². The number of hydrogen-bond acceptors (Lipinski definition) is 10. The van der Waals surface area contributed by atoms with Gasteiger partial charge in [-0.25, -0.2) is 15.0 Å². The number of anilines is 1. The number of rotatable bonds is 6. The lowest BCUT2D eigenvalue weighted by atomic mass is 10.1. The van der Waals surface area contributed by atoms with E-state index in [1.807, 2.05) is 0 Å². The van der Waals surface area contributed by atoms with E-state index in [0.717, 1.165) is 0 Å². The minimum absolute atomic E-state index is 0.157. The SMILES string of the molecule is CCNS(=O)(=O)OC[C@H]1O[C@@H](n2cnc3c(N)ncnc32)[C@H](O)[C@@H]1O. The number of fused-ring (bicyclic) bond motifs is 1. The van der Waals surface area contributed by atoms with Crippen LogP contribution in [0.5, 0.6) is 0 Å². The van der Waals surface area contributed by atoms with Gasteiger partial charge in [0.05, 0.1) is 12.9 Å². The van der Waals surface area contributed by atoms with Crippen molar-refractivity contribution in [3.05, 3.63) is 12.7 Å². The average Bonchev–Trinajstić information content (AvgIpc) is 3.10. The topological polar surface area (TPSA) is 175 Å². The first-order chi connectivity index (χ1) is 11.8. The van der Waals surface area contributed by atoms with Crippen LogP contribution >= 0.6 is 0 Å². The summed E-state index contributed by atoms with van der Waals surface area (Å²) in [6.07, 6.45) is -2.23. The van der Waals surface area contributed by atoms with Crippen molar-refractivity contribution >= 4 is 27.3 Å². The van der Waals surface area contributed by atoms with Crippen LogP contribution < -0.4 is 10.5 Å². The first-order valence-corrected chi connectivity index (χ1v) is 8.83. The van der Waals surface area contributed by atoms with Gasteiger partial charge in [-0.1, -0.05) is 6.92 Å². The summed E-state index contributed by atoms with van der Waals surface area (Å²) in [6.45, 7) is 1.29. The Kier molecular flexibility index (Phi) is 4.86. The molecule has 0 spiro atoms. The zero-order valence-electron chi connectivity index (χ0n) is 13.2. The van der Waals surface area contributed by atoms with Gasteiger partial charge in [-0.15, -0.1) is 0 Å². The van der Waals surface area contributed by atoms with Gasteiger partial charge in [0.25, 0.3) is 0 Å². The third-order valence-electron chi connectivity index (χ3n) is 3.71. The highest BCUT2D eigenvalue weighted by Gasteiger charge is 2.45. The van der Waals surface area contributed by atoms with Crippen LogP contribution in [0.25, 0.3) is 11.2 Å². The lowest BCUT2D eigenvalue weighted by Gasteiger charge is -2.16. The summed E-state index contributed by atoms with van der Waals surface area (Å²) in [6, 6.07) is 0. The van der Waals surface area contributed by atoms with Gasteiger partial charge in [-0.2, -0.15) is 13.1 Å². The highest BCUT2D eigenvalue weighted by Crippen LogP contribution is 2.32. The predicted molar refractivity (Wildman–Crippen MR) is 84.2 cm³/mol. The van der Waals surface area contributed by atoms with Crippen LogP contribution in [0.4, 0.5) is 5.82 Å². The molecule has 0 radical (unpaired) electrons. The number of nitrogens with two attached hydrogens (primary N) is 1. The van der Waals surface area contributed by atoms with Gasteiger partial charge < -0.3 is 20.7 Å². The van der Waals surface area contributed by atoms with Crippen molar-refractivity contribution in [2.45, 2.75) is 31.5 Å². The minimum Gasteiger partial charge on any atom is -0.387 e. The molecule has 4 atom stereocenters. The van der Waals surface area contributed by atoms with Crippen LogP contribution in [-0.2, 0) is 19.2 Å². The van der Waals surface area contributed by atoms with Gasteiger partial charge in [0.15, 0.2) is 17.7 Å². The third kappa shape index (κ3) is 3.42. The minimum atomic E-state index is -3.95. The molecule has 1 aliphatic rings. The van der Waals surface area contributed by atoms with Crippen molar-refractivity contribution in [3.63, 3.8) is 0 Å². The summed E-state index contributed by atoms with van der Waals surface area (Å²) in [4.78, 5) is 11.9. The average molecular weight is 374 g/mol. The Balaban J connectivity index is 1.79. The Morgan fingerprint density at radius 1 is 1.36 bits per heavy atom. The first-order valence-electron chi connectivity index (χ1n) is 7.42. The number of aliphatic hydroxyl groups excluding tert-OH is 2. The summed E-state index contributed by atoms with van der Waals surface area (Å²) in [7, 11) is -3.95. The monoisotopic (exact) mass is 374 g/mol. The number of nitrogens with one attached hydrogen (secondary N) is 1. The fourth-order valence-corrected chi connectivity index (χ4v) is 3.28. The molecule has 0 aliphatic carbocycles. The predicted octanol–water partition coefficient (Wildman–Crippen LogP) is -2.10. The number of nitrogens with zero attached hydrogens (tertiary/aromatic N) is 4. The first kappa shape index (κ1) is 17.9. The number of imidazole rings is 1. The van der Waals surface area contributed by atoms with E-state index in [1.54, 1.807) is 6.92 Å². The lowest BCUT2D eigenvalue weighted by Crippen LogP contribution is -2.36. The van der Waals surface area contributed by atoms with Gasteiger partial charge >= 0.3 is 10.3 Å². The second-order valence-corrected chi connectivity index (χ2v) is 6.80. The lowest BCUT2D eigenvalue weighted by molar-refractivity contribution is -0.0469. The molecule has 138 valence electrons. The van der Waals surface area contributed by atoms with Crippen molar-refractivity contribution in [3.8, 4) is 0 Å². The molecule has 0 bridgehead atoms. The van der Waals surface area contributed by atoms with Gasteiger partial charge in [-0.05, 0) is 0 Å². The highest BCUT2D eigenvalue weighted by molar-refractivity contribution is 7.84. The van der Waals surface area contributed by atoms with E-state index >= 15 is 0 Å². The van der Waals surface area contributed by atoms with Crippen molar-refractivity contribution in [2.24, 2.45) is 0 Å². The molecule has 2 aromatic rings. The smallest absolute Gasteiger partial charge is 0.335 e. The molecular weight excluding hydrogens is 356 g/mol. The molecule has 25 heavy (non-hydrogen) atoms. The van der Waals surface area contributed by atoms with E-state index < -0.39 is 41.5 Å². The summed E-state index contributed by atoms with van der Waals surface area (Å²) in [5.41, 5.74) is 6.34. The maximum absolute atomic E-state index is 11.5. The van der Waals surface area contributed by atoms with Crippen LogP contribution in [0.1, 0.15) is 13.2 Å². The van der Waals surface area contributed by atoms with E-state index in [0.29, 0.717) is 11.2 Å². The molecule has 2 aromatic heterocycles. The molecular formula is C12H18N6O6S. The van der Waals surface area contributed by atoms with Crippen LogP contribution in [0.15, 0.2) is 12.7 Å². The molecule has 1 fully saturated rings. The largest absolute Gasteiger partial charge is 0.387 e. The third-order valence-corrected chi connectivity index (χ3v) is 4.80. The molecule has 0 amide bonds. The van der Waals surface area contributed by atoms with Gasteiger partial charge in [0.2, 0.25) is 0 Å². The number of aromatic nitrogens is 4. The van der Waals surface area contributed by atoms with Crippen molar-refractivity contribution in [2.75, 3.05) is 18.9 Å². The maximum Gasteiger partial charge on any atom is 0.335 e. The molecule has 5 N–H and O–H groups in total. The number of nitrogen functional groups attached to an aromatic ring is 1. The van der Waals surface area contributed by atoms with Gasteiger partial charge in [-0.3, -0.25) is 8.75 Å². The molecule has 3 heterocycles. The van der Waals surface area contributed by atoms with Gasteiger partial charge in [0.1, 0.15) is 30.2 Å². The number of hydrogen-bond donors (Lipinski definition) is 4. The fourth-order valence-electron chi connectivity index (χ4n) is 2.53. The molecule has 12 nitrogen and oxygen atoms in total. The Labute approximate surface area is 142 Å². The van der Waals surface area contributed by atoms with Crippen molar-refractivity contribution in [1.29, 1.82) is 0 Å². The fraction of sp³-hybridized carbons (Fsp3) is 0.583. The second-order valence-electron chi connectivity index (χ2n) is 5.37. The zero-order chi connectivity index (χ0) is 18.2. The standard InChI is InChI=1S/C12H18N6O6S/c1-2-17-25(21,22)23-3-6-8(19)9(20)12(24-6)18-5-16-7-10(13)14-4-15-11(7)18/h4-6,8-9,12,17,19-20H,2-3H2,1H3,(H2,13,14,15)/t6-,8-,9-,12-/m1/s1. The van der Waals surface area contributed by atoms with E-state index in [4.69, 9.17) is 14.7 Å². The van der Waals surface area contributed by atoms with Crippen LogP contribution in [0, 0.1) is 0 Å². The Bertz CT molecular complexity index is 857. The van der Waals surface area contributed by atoms with E-state index in [1.165, 1.54) is 17.2 Å². The molecule has 0 saturated carbocycles. The second kappa shape index (κ2) is 6.78. The number of aliphatic hydroxyl groups is 2. The number of ether oxygens (including phenoxy) is 1. The molecule has 13 heteroatoms. The van der Waals surface area contributed by atoms with Gasteiger partial charge in [0, 0.05) is 6.54 Å². The van der Waals surface area contributed by atoms with Crippen molar-refractivity contribution < 1.29 is 27.6 Å². The Hall–Kier alpha value is -1.90. The van der Waals surface area contributed by atoms with E-state index in [2.05, 4.69) is 19.7 Å². The normalized spacial score (nSPS) is 27.2. The maximum atomic E-state index is 11.5. The van der Waals surface area contributed by atoms with Crippen LogP contribution in [0.2, 0.25) is 0 Å². The molecule has 0 unspecified atom stereocenters. The molecule has 0 aromatic carbocycles. The van der Waals surface area contributed by atoms with E-state index in [-0.39, 0.29) is 12.4 Å². The van der Waals surface area contributed by atoms with E-state index in [9.17, 15) is 18.6 Å². The Morgan fingerprint density at radius 3 is 2.84 bits per heavy atom. The summed E-state index contributed by atoms with van der Waals surface area (Å²) < 4.78 is 36.9. The molecule has 1 saturated heterocycles. The molecule has 3 rings (SSSR count). The Morgan fingerprint density at radius 2 is 2.12 bits per heavy atom. The van der Waals surface area contributed by atoms with Crippen molar-refractivity contribution in [1.82, 2.24) is 24.2 Å². The quantitative estimate of drug-likeness (QED) is 0.438. The summed E-state index contributed by atoms with van der Waals surface area (Å²) >= 11 is 0.